The molecule has 1 heterocycles. The molecule has 1 atom stereocenters. The van der Waals surface area contributed by atoms with Gasteiger partial charge in [0.25, 0.3) is 0 Å². The number of anilines is 1. The maximum Gasteiger partial charge on any atom is 0.0984 e. The SMILES string of the molecule is N#CC1=C(N)Sc2cc(N)ccc2[C@@H]1c1ccccc1I. The third-order valence-corrected chi connectivity index (χ3v) is 5.46. The fourth-order valence-electron chi connectivity index (χ4n) is 2.50. The lowest BCUT2D eigenvalue weighted by Gasteiger charge is -2.27. The second-order valence-electron chi connectivity index (χ2n) is 4.74. The Morgan fingerprint density at radius 2 is 1.86 bits per heavy atom. The van der Waals surface area contributed by atoms with Crippen LogP contribution in [-0.2, 0) is 0 Å². The summed E-state index contributed by atoms with van der Waals surface area (Å²) in [4.78, 5) is 1.02. The first-order valence-corrected chi connectivity index (χ1v) is 8.22. The molecule has 2 aromatic rings. The van der Waals surface area contributed by atoms with E-state index in [-0.39, 0.29) is 5.92 Å². The van der Waals surface area contributed by atoms with Crippen LogP contribution < -0.4 is 11.5 Å². The van der Waals surface area contributed by atoms with E-state index in [0.717, 1.165) is 19.6 Å². The Morgan fingerprint density at radius 3 is 2.57 bits per heavy atom. The van der Waals surface area contributed by atoms with Gasteiger partial charge < -0.3 is 11.5 Å². The van der Waals surface area contributed by atoms with E-state index < -0.39 is 0 Å². The minimum atomic E-state index is -0.125. The van der Waals surface area contributed by atoms with E-state index in [1.807, 2.05) is 42.5 Å². The smallest absolute Gasteiger partial charge is 0.0984 e. The zero-order valence-corrected chi connectivity index (χ0v) is 14.0. The zero-order valence-electron chi connectivity index (χ0n) is 11.0. The van der Waals surface area contributed by atoms with Crippen LogP contribution in [0, 0.1) is 14.9 Å². The van der Waals surface area contributed by atoms with E-state index >= 15 is 0 Å². The van der Waals surface area contributed by atoms with Gasteiger partial charge in [0.1, 0.15) is 0 Å². The minimum absolute atomic E-state index is 0.125. The number of hydrogen-bond acceptors (Lipinski definition) is 4. The molecule has 4 N–H and O–H groups in total. The Balaban J connectivity index is 2.27. The molecule has 0 spiro atoms. The summed E-state index contributed by atoms with van der Waals surface area (Å²) in [5.41, 5.74) is 15.5. The van der Waals surface area contributed by atoms with Crippen molar-refractivity contribution < 1.29 is 0 Å². The maximum atomic E-state index is 9.54. The molecule has 0 radical (unpaired) electrons. The molecule has 0 saturated heterocycles. The molecular formula is C16H12IN3S. The molecule has 0 saturated carbocycles. The Bertz CT molecular complexity index is 792. The number of thioether (sulfide) groups is 1. The van der Waals surface area contributed by atoms with E-state index in [9.17, 15) is 5.26 Å². The Kier molecular flexibility index (Phi) is 3.83. The lowest BCUT2D eigenvalue weighted by atomic mass is 9.85. The Labute approximate surface area is 141 Å². The number of nitriles is 1. The van der Waals surface area contributed by atoms with E-state index in [0.29, 0.717) is 16.3 Å². The molecule has 3 nitrogen and oxygen atoms in total. The topological polar surface area (TPSA) is 75.8 Å². The van der Waals surface area contributed by atoms with Gasteiger partial charge in [0.05, 0.1) is 16.7 Å². The predicted octanol–water partition coefficient (Wildman–Crippen LogP) is 3.80. The van der Waals surface area contributed by atoms with Crippen LogP contribution in [-0.4, -0.2) is 0 Å². The van der Waals surface area contributed by atoms with Gasteiger partial charge in [-0.2, -0.15) is 5.26 Å². The summed E-state index contributed by atoms with van der Waals surface area (Å²) >= 11 is 3.71. The number of allylic oxidation sites excluding steroid dienone is 1. The summed E-state index contributed by atoms with van der Waals surface area (Å²) in [6.07, 6.45) is 0. The summed E-state index contributed by atoms with van der Waals surface area (Å²) in [5, 5.41) is 10.1. The Hall–Kier alpha value is -1.65. The van der Waals surface area contributed by atoms with E-state index in [1.165, 1.54) is 11.8 Å². The summed E-state index contributed by atoms with van der Waals surface area (Å²) < 4.78 is 1.12. The third kappa shape index (κ3) is 2.49. The monoisotopic (exact) mass is 405 g/mol. The minimum Gasteiger partial charge on any atom is -0.399 e. The van der Waals surface area contributed by atoms with Gasteiger partial charge in [0.2, 0.25) is 0 Å². The number of benzene rings is 2. The van der Waals surface area contributed by atoms with E-state index in [1.54, 1.807) is 0 Å². The quantitative estimate of drug-likeness (QED) is 0.559. The van der Waals surface area contributed by atoms with Gasteiger partial charge in [-0.1, -0.05) is 36.0 Å². The van der Waals surface area contributed by atoms with Crippen LogP contribution in [0.25, 0.3) is 0 Å². The number of nitrogens with two attached hydrogens (primary N) is 2. The van der Waals surface area contributed by atoms with Gasteiger partial charge in [-0.15, -0.1) is 0 Å². The van der Waals surface area contributed by atoms with Crippen LogP contribution >= 0.6 is 34.4 Å². The predicted molar refractivity (Wildman–Crippen MR) is 94.5 cm³/mol. The molecule has 0 aromatic heterocycles. The number of hydrogen-bond donors (Lipinski definition) is 2. The highest BCUT2D eigenvalue weighted by atomic mass is 127. The summed E-state index contributed by atoms with van der Waals surface area (Å²) in [5.74, 6) is -0.125. The van der Waals surface area contributed by atoms with Crippen LogP contribution in [0.2, 0.25) is 0 Å². The Morgan fingerprint density at radius 1 is 1.10 bits per heavy atom. The van der Waals surface area contributed by atoms with Crippen molar-refractivity contribution in [3.05, 3.63) is 67.8 Å². The number of rotatable bonds is 1. The highest BCUT2D eigenvalue weighted by Gasteiger charge is 2.30. The van der Waals surface area contributed by atoms with Gasteiger partial charge in [-0.3, -0.25) is 0 Å². The molecule has 104 valence electrons. The molecule has 0 aliphatic carbocycles. The fourth-order valence-corrected chi connectivity index (χ4v) is 4.21. The number of nitrogens with zero attached hydrogens (tertiary/aromatic N) is 1. The van der Waals surface area contributed by atoms with Crippen molar-refractivity contribution in [3.63, 3.8) is 0 Å². The number of fused-ring (bicyclic) bond motifs is 1. The molecule has 3 rings (SSSR count). The molecule has 0 fully saturated rings. The second kappa shape index (κ2) is 5.62. The number of halogens is 1. The van der Waals surface area contributed by atoms with Crippen LogP contribution in [0.3, 0.4) is 0 Å². The standard InChI is InChI=1S/C16H12IN3S/c17-13-4-2-1-3-10(13)15-11-6-5-9(19)7-14(11)21-16(20)12(15)8-18/h1-7,15H,19-20H2/t15-/m0/s1. The van der Waals surface area contributed by atoms with E-state index in [4.69, 9.17) is 11.5 Å². The largest absolute Gasteiger partial charge is 0.399 e. The van der Waals surface area contributed by atoms with Crippen molar-refractivity contribution >= 4 is 40.0 Å². The zero-order chi connectivity index (χ0) is 15.0. The summed E-state index contributed by atoms with van der Waals surface area (Å²) in [6, 6.07) is 16.1. The van der Waals surface area contributed by atoms with Crippen molar-refractivity contribution in [2.45, 2.75) is 10.8 Å². The van der Waals surface area contributed by atoms with Gasteiger partial charge in [-0.25, -0.2) is 0 Å². The highest BCUT2D eigenvalue weighted by molar-refractivity contribution is 14.1. The van der Waals surface area contributed by atoms with Crippen molar-refractivity contribution in [1.29, 1.82) is 5.26 Å². The third-order valence-electron chi connectivity index (χ3n) is 3.46. The fraction of sp³-hybridized carbons (Fsp3) is 0.0625. The summed E-state index contributed by atoms with van der Waals surface area (Å²) in [6.45, 7) is 0. The first-order chi connectivity index (χ1) is 10.1. The van der Waals surface area contributed by atoms with Crippen molar-refractivity contribution in [3.8, 4) is 6.07 Å². The molecule has 2 aromatic carbocycles. The highest BCUT2D eigenvalue weighted by Crippen LogP contribution is 2.47. The first-order valence-electron chi connectivity index (χ1n) is 6.33. The van der Waals surface area contributed by atoms with Crippen LogP contribution in [0.4, 0.5) is 5.69 Å². The number of nitrogen functional groups attached to an aromatic ring is 1. The molecule has 0 amide bonds. The first kappa shape index (κ1) is 14.3. The van der Waals surface area contributed by atoms with Crippen molar-refractivity contribution in [2.24, 2.45) is 5.73 Å². The molecule has 1 aliphatic heterocycles. The normalized spacial score (nSPS) is 17.2. The van der Waals surface area contributed by atoms with Crippen molar-refractivity contribution in [1.82, 2.24) is 0 Å². The van der Waals surface area contributed by atoms with E-state index in [2.05, 4.69) is 28.7 Å². The van der Waals surface area contributed by atoms with Gasteiger partial charge in [-0.05, 0) is 51.9 Å². The van der Waals surface area contributed by atoms with Gasteiger partial charge in [0, 0.05) is 20.1 Å². The lowest BCUT2D eigenvalue weighted by molar-refractivity contribution is 0.924. The molecule has 0 unspecified atom stereocenters. The molecular weight excluding hydrogens is 393 g/mol. The second-order valence-corrected chi connectivity index (χ2v) is 6.99. The molecule has 0 bridgehead atoms. The van der Waals surface area contributed by atoms with Crippen LogP contribution in [0.1, 0.15) is 17.0 Å². The molecule has 1 aliphatic rings. The average Bonchev–Trinajstić information content (AvgIpc) is 2.46. The lowest BCUT2D eigenvalue weighted by Crippen LogP contribution is -2.15. The summed E-state index contributed by atoms with van der Waals surface area (Å²) in [7, 11) is 0. The molecule has 5 heteroatoms. The maximum absolute atomic E-state index is 9.54. The van der Waals surface area contributed by atoms with Gasteiger partial charge >= 0.3 is 0 Å². The van der Waals surface area contributed by atoms with Crippen LogP contribution in [0.15, 0.2) is 58.0 Å². The average molecular weight is 405 g/mol. The van der Waals surface area contributed by atoms with Crippen LogP contribution in [0.5, 0.6) is 0 Å². The van der Waals surface area contributed by atoms with Gasteiger partial charge in [0.15, 0.2) is 0 Å². The molecule has 21 heavy (non-hydrogen) atoms. The van der Waals surface area contributed by atoms with Crippen molar-refractivity contribution in [2.75, 3.05) is 5.73 Å².